The summed E-state index contributed by atoms with van der Waals surface area (Å²) in [6.07, 6.45) is 5.06. The molecule has 2 rings (SSSR count). The molecule has 1 fully saturated rings. The number of carbonyl (C=O) groups excluding carboxylic acids is 1. The molecule has 1 amide bonds. The minimum Gasteiger partial charge on any atom is -0.469 e. The molecular weight excluding hydrogens is 218 g/mol. The third-order valence-corrected chi connectivity index (χ3v) is 3.09. The number of hydrogen-bond acceptors (Lipinski definition) is 3. The van der Waals surface area contributed by atoms with Gasteiger partial charge >= 0.3 is 0 Å². The standard InChI is InChI=1S/C13H19NO3/c1-10(12-5-3-9-17-12)14-13(15)7-6-11-4-2-8-16-11/h2,4,8,10,12H,3,5-7,9H2,1H3,(H,14,15)/t10-,12-/m0/s1. The summed E-state index contributed by atoms with van der Waals surface area (Å²) in [4.78, 5) is 11.7. The summed E-state index contributed by atoms with van der Waals surface area (Å²) in [5.41, 5.74) is 0. The Kier molecular flexibility index (Phi) is 4.20. The summed E-state index contributed by atoms with van der Waals surface area (Å²) in [6, 6.07) is 3.82. The lowest BCUT2D eigenvalue weighted by molar-refractivity contribution is -0.122. The monoisotopic (exact) mass is 237 g/mol. The Hall–Kier alpha value is -1.29. The van der Waals surface area contributed by atoms with Crippen molar-refractivity contribution in [3.63, 3.8) is 0 Å². The van der Waals surface area contributed by atoms with E-state index >= 15 is 0 Å². The molecule has 0 spiro atoms. The van der Waals surface area contributed by atoms with Gasteiger partial charge in [-0.05, 0) is 31.9 Å². The third-order valence-electron chi connectivity index (χ3n) is 3.09. The SMILES string of the molecule is C[C@H](NC(=O)CCc1ccco1)[C@@H]1CCCO1. The Bertz CT molecular complexity index is 342. The zero-order valence-corrected chi connectivity index (χ0v) is 10.1. The van der Waals surface area contributed by atoms with Gasteiger partial charge in [0.1, 0.15) is 5.76 Å². The largest absolute Gasteiger partial charge is 0.469 e. The van der Waals surface area contributed by atoms with E-state index < -0.39 is 0 Å². The first-order valence-corrected chi connectivity index (χ1v) is 6.19. The zero-order chi connectivity index (χ0) is 12.1. The number of carbonyl (C=O) groups is 1. The van der Waals surface area contributed by atoms with Gasteiger partial charge in [0.05, 0.1) is 18.4 Å². The van der Waals surface area contributed by atoms with Crippen molar-refractivity contribution in [1.29, 1.82) is 0 Å². The van der Waals surface area contributed by atoms with E-state index in [1.54, 1.807) is 6.26 Å². The molecular formula is C13H19NO3. The molecule has 2 heterocycles. The highest BCUT2D eigenvalue weighted by molar-refractivity contribution is 5.76. The molecule has 0 radical (unpaired) electrons. The average Bonchev–Trinajstić information content (AvgIpc) is 2.99. The molecule has 1 aliphatic heterocycles. The first-order valence-electron chi connectivity index (χ1n) is 6.19. The number of ether oxygens (including phenoxy) is 1. The molecule has 4 nitrogen and oxygen atoms in total. The van der Waals surface area contributed by atoms with E-state index in [9.17, 15) is 4.79 Å². The third kappa shape index (κ3) is 3.60. The quantitative estimate of drug-likeness (QED) is 0.851. The maximum absolute atomic E-state index is 11.7. The van der Waals surface area contributed by atoms with Crippen LogP contribution in [0.2, 0.25) is 0 Å². The second-order valence-electron chi connectivity index (χ2n) is 4.49. The van der Waals surface area contributed by atoms with Gasteiger partial charge in [-0.25, -0.2) is 0 Å². The van der Waals surface area contributed by atoms with Crippen molar-refractivity contribution < 1.29 is 13.9 Å². The highest BCUT2D eigenvalue weighted by Crippen LogP contribution is 2.15. The topological polar surface area (TPSA) is 51.5 Å². The van der Waals surface area contributed by atoms with Crippen LogP contribution in [0.3, 0.4) is 0 Å². The lowest BCUT2D eigenvalue weighted by Crippen LogP contribution is -2.40. The normalized spacial score (nSPS) is 21.4. The molecule has 1 aromatic rings. The summed E-state index contributed by atoms with van der Waals surface area (Å²) in [5, 5.41) is 2.98. The molecule has 1 N–H and O–H groups in total. The smallest absolute Gasteiger partial charge is 0.220 e. The van der Waals surface area contributed by atoms with E-state index in [1.165, 1.54) is 0 Å². The molecule has 0 aromatic carbocycles. The molecule has 1 aromatic heterocycles. The second-order valence-corrected chi connectivity index (χ2v) is 4.49. The van der Waals surface area contributed by atoms with Crippen LogP contribution in [0.5, 0.6) is 0 Å². The van der Waals surface area contributed by atoms with E-state index in [1.807, 2.05) is 19.1 Å². The number of furan rings is 1. The van der Waals surface area contributed by atoms with E-state index in [0.717, 1.165) is 25.2 Å². The highest BCUT2D eigenvalue weighted by atomic mass is 16.5. The Morgan fingerprint density at radius 1 is 1.65 bits per heavy atom. The van der Waals surface area contributed by atoms with E-state index in [-0.39, 0.29) is 18.1 Å². The van der Waals surface area contributed by atoms with Crippen molar-refractivity contribution >= 4 is 5.91 Å². The van der Waals surface area contributed by atoms with Crippen LogP contribution in [0.1, 0.15) is 31.9 Å². The number of amides is 1. The Morgan fingerprint density at radius 2 is 2.53 bits per heavy atom. The van der Waals surface area contributed by atoms with Gasteiger partial charge < -0.3 is 14.5 Å². The fourth-order valence-electron chi connectivity index (χ4n) is 2.11. The maximum Gasteiger partial charge on any atom is 0.220 e. The van der Waals surface area contributed by atoms with Crippen molar-refractivity contribution in [2.75, 3.05) is 6.61 Å². The molecule has 0 aliphatic carbocycles. The predicted octanol–water partition coefficient (Wildman–Crippen LogP) is 1.90. The predicted molar refractivity (Wildman–Crippen MR) is 63.6 cm³/mol. The van der Waals surface area contributed by atoms with Crippen LogP contribution in [0.4, 0.5) is 0 Å². The van der Waals surface area contributed by atoms with Gasteiger partial charge in [0.25, 0.3) is 0 Å². The van der Waals surface area contributed by atoms with E-state index in [0.29, 0.717) is 12.8 Å². The van der Waals surface area contributed by atoms with Gasteiger partial charge in [0.15, 0.2) is 0 Å². The van der Waals surface area contributed by atoms with Gasteiger partial charge in [0.2, 0.25) is 5.91 Å². The maximum atomic E-state index is 11.7. The van der Waals surface area contributed by atoms with Gasteiger partial charge in [-0.15, -0.1) is 0 Å². The van der Waals surface area contributed by atoms with Crippen molar-refractivity contribution in [3.05, 3.63) is 24.2 Å². The van der Waals surface area contributed by atoms with Gasteiger partial charge in [0, 0.05) is 19.4 Å². The van der Waals surface area contributed by atoms with E-state index in [2.05, 4.69) is 5.32 Å². The minimum atomic E-state index is 0.0596. The van der Waals surface area contributed by atoms with Crippen molar-refractivity contribution in [2.45, 2.75) is 44.8 Å². The van der Waals surface area contributed by atoms with Gasteiger partial charge in [-0.1, -0.05) is 0 Å². The van der Waals surface area contributed by atoms with E-state index in [4.69, 9.17) is 9.15 Å². The van der Waals surface area contributed by atoms with Crippen LogP contribution in [0.15, 0.2) is 22.8 Å². The van der Waals surface area contributed by atoms with Crippen LogP contribution in [-0.2, 0) is 16.0 Å². The highest BCUT2D eigenvalue weighted by Gasteiger charge is 2.23. The molecule has 0 saturated carbocycles. The number of aryl methyl sites for hydroxylation is 1. The molecule has 4 heteroatoms. The molecule has 2 atom stereocenters. The molecule has 1 aliphatic rings. The average molecular weight is 237 g/mol. The fraction of sp³-hybridized carbons (Fsp3) is 0.615. The van der Waals surface area contributed by atoms with Crippen LogP contribution in [-0.4, -0.2) is 24.7 Å². The lowest BCUT2D eigenvalue weighted by Gasteiger charge is -2.19. The zero-order valence-electron chi connectivity index (χ0n) is 10.1. The number of rotatable bonds is 5. The van der Waals surface area contributed by atoms with Crippen molar-refractivity contribution in [2.24, 2.45) is 0 Å². The molecule has 0 unspecified atom stereocenters. The van der Waals surface area contributed by atoms with Crippen LogP contribution < -0.4 is 5.32 Å². The van der Waals surface area contributed by atoms with Crippen molar-refractivity contribution in [3.8, 4) is 0 Å². The first kappa shape index (κ1) is 12.2. The summed E-state index contributed by atoms with van der Waals surface area (Å²) < 4.78 is 10.7. The molecule has 17 heavy (non-hydrogen) atoms. The van der Waals surface area contributed by atoms with Crippen LogP contribution in [0.25, 0.3) is 0 Å². The molecule has 1 saturated heterocycles. The van der Waals surface area contributed by atoms with Gasteiger partial charge in [-0.3, -0.25) is 4.79 Å². The fourth-order valence-corrected chi connectivity index (χ4v) is 2.11. The Morgan fingerprint density at radius 3 is 3.18 bits per heavy atom. The Balaban J connectivity index is 1.69. The summed E-state index contributed by atoms with van der Waals surface area (Å²) >= 11 is 0. The first-order chi connectivity index (χ1) is 8.25. The second kappa shape index (κ2) is 5.87. The lowest BCUT2D eigenvalue weighted by atomic mass is 10.1. The van der Waals surface area contributed by atoms with Crippen LogP contribution >= 0.6 is 0 Å². The number of nitrogens with one attached hydrogen (secondary N) is 1. The molecule has 94 valence electrons. The molecule has 0 bridgehead atoms. The van der Waals surface area contributed by atoms with Gasteiger partial charge in [-0.2, -0.15) is 0 Å². The minimum absolute atomic E-state index is 0.0596. The Labute approximate surface area is 101 Å². The summed E-state index contributed by atoms with van der Waals surface area (Å²) in [5.74, 6) is 0.911. The number of hydrogen-bond donors (Lipinski definition) is 1. The van der Waals surface area contributed by atoms with Crippen molar-refractivity contribution in [1.82, 2.24) is 5.32 Å². The summed E-state index contributed by atoms with van der Waals surface area (Å²) in [6.45, 7) is 2.82. The summed E-state index contributed by atoms with van der Waals surface area (Å²) in [7, 11) is 0. The van der Waals surface area contributed by atoms with Crippen LogP contribution in [0, 0.1) is 0 Å².